The van der Waals surface area contributed by atoms with Crippen LogP contribution in [0.15, 0.2) is 29.0 Å². The molecule has 0 bridgehead atoms. The standard InChI is InChI=1S/C18H23N5O3/c1-3-15-20-16(26-21-15)12-22(4-2)18(25)14-9-17(24)23(11-14)10-13-5-7-19-8-6-13/h5-8,14H,3-4,9-12H2,1-2H3/t14-/m1/s1. The van der Waals surface area contributed by atoms with Crippen LogP contribution in [0.25, 0.3) is 0 Å². The molecule has 3 rings (SSSR count). The molecule has 8 heteroatoms. The Hall–Kier alpha value is -2.77. The molecule has 1 fully saturated rings. The number of carbonyl (C=O) groups excluding carboxylic acids is 2. The molecule has 2 amide bonds. The fourth-order valence-corrected chi connectivity index (χ4v) is 3.06. The van der Waals surface area contributed by atoms with E-state index in [1.807, 2.05) is 26.0 Å². The van der Waals surface area contributed by atoms with Gasteiger partial charge in [0.25, 0.3) is 0 Å². The molecule has 0 aliphatic carbocycles. The quantitative estimate of drug-likeness (QED) is 0.744. The second kappa shape index (κ2) is 8.07. The highest BCUT2D eigenvalue weighted by Crippen LogP contribution is 2.22. The van der Waals surface area contributed by atoms with Gasteiger partial charge < -0.3 is 14.3 Å². The number of likely N-dealkylation sites (tertiary alicyclic amines) is 1. The lowest BCUT2D eigenvalue weighted by Crippen LogP contribution is -2.37. The number of nitrogens with zero attached hydrogens (tertiary/aromatic N) is 5. The van der Waals surface area contributed by atoms with Gasteiger partial charge in [-0.15, -0.1) is 0 Å². The van der Waals surface area contributed by atoms with Crippen molar-refractivity contribution in [1.82, 2.24) is 24.9 Å². The highest BCUT2D eigenvalue weighted by atomic mass is 16.5. The zero-order chi connectivity index (χ0) is 18.5. The minimum Gasteiger partial charge on any atom is -0.338 e. The first-order valence-corrected chi connectivity index (χ1v) is 8.87. The first-order chi connectivity index (χ1) is 12.6. The van der Waals surface area contributed by atoms with E-state index in [2.05, 4.69) is 15.1 Å². The molecule has 26 heavy (non-hydrogen) atoms. The van der Waals surface area contributed by atoms with Gasteiger partial charge in [0.1, 0.15) is 0 Å². The molecule has 138 valence electrons. The van der Waals surface area contributed by atoms with Gasteiger partial charge in [0.05, 0.1) is 12.5 Å². The van der Waals surface area contributed by atoms with Crippen molar-refractivity contribution in [2.75, 3.05) is 13.1 Å². The van der Waals surface area contributed by atoms with Gasteiger partial charge in [0.15, 0.2) is 5.82 Å². The molecular weight excluding hydrogens is 334 g/mol. The van der Waals surface area contributed by atoms with Crippen molar-refractivity contribution in [3.05, 3.63) is 41.8 Å². The average Bonchev–Trinajstić information content (AvgIpc) is 3.27. The van der Waals surface area contributed by atoms with Crippen LogP contribution in [0.3, 0.4) is 0 Å². The Morgan fingerprint density at radius 3 is 2.77 bits per heavy atom. The van der Waals surface area contributed by atoms with Gasteiger partial charge in [-0.1, -0.05) is 12.1 Å². The van der Waals surface area contributed by atoms with Crippen LogP contribution in [0, 0.1) is 5.92 Å². The lowest BCUT2D eigenvalue weighted by molar-refractivity contribution is -0.136. The SMILES string of the molecule is CCc1noc(CN(CC)C(=O)[C@@H]2CC(=O)N(Cc3ccncc3)C2)n1. The molecule has 2 aromatic rings. The van der Waals surface area contributed by atoms with Crippen molar-refractivity contribution in [3.8, 4) is 0 Å². The van der Waals surface area contributed by atoms with E-state index < -0.39 is 0 Å². The van der Waals surface area contributed by atoms with Crippen LogP contribution in [-0.2, 0) is 29.1 Å². The summed E-state index contributed by atoms with van der Waals surface area (Å²) in [5.74, 6) is 0.674. The van der Waals surface area contributed by atoms with E-state index in [-0.39, 0.29) is 30.7 Å². The summed E-state index contributed by atoms with van der Waals surface area (Å²) in [5.41, 5.74) is 1.01. The van der Waals surface area contributed by atoms with E-state index in [0.717, 1.165) is 5.56 Å². The van der Waals surface area contributed by atoms with E-state index in [1.165, 1.54) is 0 Å². The number of rotatable bonds is 7. The number of aromatic nitrogens is 3. The maximum absolute atomic E-state index is 12.8. The Morgan fingerprint density at radius 1 is 1.35 bits per heavy atom. The highest BCUT2D eigenvalue weighted by molar-refractivity contribution is 5.89. The normalized spacial score (nSPS) is 16.9. The van der Waals surface area contributed by atoms with Gasteiger partial charge in [-0.2, -0.15) is 4.98 Å². The number of amides is 2. The van der Waals surface area contributed by atoms with Gasteiger partial charge in [-0.25, -0.2) is 0 Å². The number of pyridine rings is 1. The molecule has 2 aromatic heterocycles. The van der Waals surface area contributed by atoms with Crippen LogP contribution in [-0.4, -0.2) is 49.8 Å². The number of hydrogen-bond donors (Lipinski definition) is 0. The van der Waals surface area contributed by atoms with Gasteiger partial charge in [-0.3, -0.25) is 14.6 Å². The topological polar surface area (TPSA) is 92.4 Å². The summed E-state index contributed by atoms with van der Waals surface area (Å²) in [7, 11) is 0. The predicted octanol–water partition coefficient (Wildman–Crippen LogP) is 1.42. The molecule has 0 unspecified atom stereocenters. The zero-order valence-corrected chi connectivity index (χ0v) is 15.1. The van der Waals surface area contributed by atoms with Gasteiger partial charge >= 0.3 is 0 Å². The van der Waals surface area contributed by atoms with Crippen LogP contribution < -0.4 is 0 Å². The van der Waals surface area contributed by atoms with Crippen molar-refractivity contribution < 1.29 is 14.1 Å². The van der Waals surface area contributed by atoms with Gasteiger partial charge in [0, 0.05) is 44.9 Å². The molecular formula is C18H23N5O3. The third-order valence-corrected chi connectivity index (χ3v) is 4.53. The number of hydrogen-bond acceptors (Lipinski definition) is 6. The Morgan fingerprint density at radius 2 is 2.12 bits per heavy atom. The van der Waals surface area contributed by atoms with E-state index >= 15 is 0 Å². The molecule has 0 radical (unpaired) electrons. The Kier molecular flexibility index (Phi) is 5.60. The van der Waals surface area contributed by atoms with Crippen molar-refractivity contribution in [2.45, 2.75) is 39.8 Å². The summed E-state index contributed by atoms with van der Waals surface area (Å²) < 4.78 is 5.18. The zero-order valence-electron chi connectivity index (χ0n) is 15.1. The predicted molar refractivity (Wildman–Crippen MR) is 92.5 cm³/mol. The Bertz CT molecular complexity index is 761. The van der Waals surface area contributed by atoms with Crippen LogP contribution in [0.2, 0.25) is 0 Å². The van der Waals surface area contributed by atoms with Crippen LogP contribution in [0.5, 0.6) is 0 Å². The molecule has 1 saturated heterocycles. The van der Waals surface area contributed by atoms with Gasteiger partial charge in [0.2, 0.25) is 17.7 Å². The molecule has 0 spiro atoms. The fourth-order valence-electron chi connectivity index (χ4n) is 3.06. The minimum absolute atomic E-state index is 0.00211. The maximum Gasteiger partial charge on any atom is 0.246 e. The lowest BCUT2D eigenvalue weighted by atomic mass is 10.1. The summed E-state index contributed by atoms with van der Waals surface area (Å²) in [6.07, 6.45) is 4.33. The molecule has 3 heterocycles. The van der Waals surface area contributed by atoms with Crippen LogP contribution >= 0.6 is 0 Å². The summed E-state index contributed by atoms with van der Waals surface area (Å²) in [6, 6.07) is 3.75. The summed E-state index contributed by atoms with van der Waals surface area (Å²) in [5, 5.41) is 3.86. The lowest BCUT2D eigenvalue weighted by Gasteiger charge is -2.22. The second-order valence-electron chi connectivity index (χ2n) is 6.34. The van der Waals surface area contributed by atoms with Crippen molar-refractivity contribution in [1.29, 1.82) is 0 Å². The molecule has 0 N–H and O–H groups in total. The molecule has 1 aliphatic rings. The summed E-state index contributed by atoms with van der Waals surface area (Å²) in [4.78, 5) is 36.8. The maximum atomic E-state index is 12.8. The number of aryl methyl sites for hydroxylation is 1. The van der Waals surface area contributed by atoms with E-state index in [0.29, 0.717) is 37.8 Å². The smallest absolute Gasteiger partial charge is 0.246 e. The number of carbonyl (C=O) groups is 2. The van der Waals surface area contributed by atoms with E-state index in [4.69, 9.17) is 4.52 Å². The van der Waals surface area contributed by atoms with E-state index in [1.54, 1.807) is 22.2 Å². The van der Waals surface area contributed by atoms with Crippen molar-refractivity contribution >= 4 is 11.8 Å². The second-order valence-corrected chi connectivity index (χ2v) is 6.34. The van der Waals surface area contributed by atoms with Gasteiger partial charge in [-0.05, 0) is 24.6 Å². The van der Waals surface area contributed by atoms with Crippen molar-refractivity contribution in [3.63, 3.8) is 0 Å². The molecule has 1 atom stereocenters. The molecule has 1 aliphatic heterocycles. The summed E-state index contributed by atoms with van der Waals surface area (Å²) in [6.45, 7) is 5.58. The fraction of sp³-hybridized carbons (Fsp3) is 0.500. The largest absolute Gasteiger partial charge is 0.338 e. The van der Waals surface area contributed by atoms with Crippen molar-refractivity contribution in [2.24, 2.45) is 5.92 Å². The van der Waals surface area contributed by atoms with E-state index in [9.17, 15) is 9.59 Å². The first kappa shape index (κ1) is 18.0. The first-order valence-electron chi connectivity index (χ1n) is 8.87. The average molecular weight is 357 g/mol. The molecule has 0 aromatic carbocycles. The third kappa shape index (κ3) is 4.07. The Labute approximate surface area is 152 Å². The molecule has 8 nitrogen and oxygen atoms in total. The van der Waals surface area contributed by atoms with Crippen LogP contribution in [0.4, 0.5) is 0 Å². The molecule has 0 saturated carbocycles. The highest BCUT2D eigenvalue weighted by Gasteiger charge is 2.36. The minimum atomic E-state index is -0.335. The summed E-state index contributed by atoms with van der Waals surface area (Å²) >= 11 is 0. The monoisotopic (exact) mass is 357 g/mol. The Balaban J connectivity index is 1.62. The third-order valence-electron chi connectivity index (χ3n) is 4.53. The van der Waals surface area contributed by atoms with Crippen LogP contribution in [0.1, 0.15) is 37.5 Å².